The molecule has 164 valence electrons. The van der Waals surface area contributed by atoms with E-state index in [9.17, 15) is 9.59 Å². The second kappa shape index (κ2) is 9.95. The Balaban J connectivity index is 1.33. The minimum atomic E-state index is 0.0541. The van der Waals surface area contributed by atoms with Gasteiger partial charge in [-0.3, -0.25) is 9.59 Å². The highest BCUT2D eigenvalue weighted by Gasteiger charge is 2.41. The molecule has 1 aromatic rings. The molecule has 1 saturated carbocycles. The van der Waals surface area contributed by atoms with Crippen LogP contribution in [-0.4, -0.2) is 35.9 Å². The lowest BCUT2D eigenvalue weighted by Gasteiger charge is -2.35. The lowest BCUT2D eigenvalue weighted by molar-refractivity contribution is -0.138. The first-order chi connectivity index (χ1) is 14.6. The molecule has 2 amide bonds. The Labute approximate surface area is 180 Å². The number of unbranched alkanes of at least 4 members (excludes halogenated alkanes) is 2. The molecule has 1 N–H and O–H groups in total. The molecular weight excluding hydrogens is 376 g/mol. The quantitative estimate of drug-likeness (QED) is 0.636. The van der Waals surface area contributed by atoms with Gasteiger partial charge in [-0.2, -0.15) is 0 Å². The van der Waals surface area contributed by atoms with Gasteiger partial charge in [0.05, 0.1) is 12.2 Å². The van der Waals surface area contributed by atoms with Crippen molar-refractivity contribution < 1.29 is 14.3 Å². The van der Waals surface area contributed by atoms with Crippen LogP contribution >= 0.6 is 0 Å². The van der Waals surface area contributed by atoms with Crippen molar-refractivity contribution in [2.75, 3.05) is 18.4 Å². The molecule has 3 fully saturated rings. The molecule has 1 aliphatic carbocycles. The van der Waals surface area contributed by atoms with E-state index in [1.54, 1.807) is 0 Å². The second-order valence-electron chi connectivity index (χ2n) is 9.34. The summed E-state index contributed by atoms with van der Waals surface area (Å²) in [5.74, 6) is 1.14. The molecule has 0 aromatic heterocycles. The van der Waals surface area contributed by atoms with E-state index in [4.69, 9.17) is 4.74 Å². The zero-order chi connectivity index (χ0) is 20.9. The fourth-order valence-corrected chi connectivity index (χ4v) is 5.38. The molecule has 2 heterocycles. The average Bonchev–Trinajstić information content (AvgIpc) is 3.43. The SMILES string of the molecule is CCCCCC(=O)Nc1cccc([C@H]2C[C@@H]3CN(C(=O)C4CCCC4)CC[C@@H]3O2)c1. The topological polar surface area (TPSA) is 58.6 Å². The standard InChI is InChI=1S/C25H36N2O3/c1-2-3-4-12-24(28)26-21-11-7-10-19(15-21)23-16-20-17-27(14-13-22(20)30-23)25(29)18-8-5-6-9-18/h7,10-11,15,18,20,22-23H,2-6,8-9,12-14,16-17H2,1H3,(H,26,28)/t20-,22+,23-/m1/s1. The summed E-state index contributed by atoms with van der Waals surface area (Å²) in [5, 5.41) is 3.03. The molecule has 5 heteroatoms. The van der Waals surface area contributed by atoms with Crippen LogP contribution in [0.5, 0.6) is 0 Å². The zero-order valence-electron chi connectivity index (χ0n) is 18.3. The van der Waals surface area contributed by atoms with Crippen LogP contribution in [0.1, 0.15) is 82.8 Å². The van der Waals surface area contributed by atoms with Crippen molar-refractivity contribution in [3.05, 3.63) is 29.8 Å². The van der Waals surface area contributed by atoms with Gasteiger partial charge < -0.3 is 15.0 Å². The Morgan fingerprint density at radius 3 is 2.80 bits per heavy atom. The normalized spacial score (nSPS) is 26.6. The van der Waals surface area contributed by atoms with E-state index in [2.05, 4.69) is 29.3 Å². The van der Waals surface area contributed by atoms with Crippen molar-refractivity contribution >= 4 is 17.5 Å². The number of piperidine rings is 1. The van der Waals surface area contributed by atoms with E-state index >= 15 is 0 Å². The first kappa shape index (κ1) is 21.4. The number of amides is 2. The molecule has 0 radical (unpaired) electrons. The zero-order valence-corrected chi connectivity index (χ0v) is 18.3. The maximum atomic E-state index is 12.8. The molecule has 3 aliphatic rings. The number of likely N-dealkylation sites (tertiary alicyclic amines) is 1. The minimum absolute atomic E-state index is 0.0541. The molecular formula is C25H36N2O3. The first-order valence-electron chi connectivity index (χ1n) is 12.0. The molecule has 3 atom stereocenters. The highest BCUT2D eigenvalue weighted by molar-refractivity contribution is 5.90. The molecule has 30 heavy (non-hydrogen) atoms. The predicted molar refractivity (Wildman–Crippen MR) is 118 cm³/mol. The van der Waals surface area contributed by atoms with Crippen LogP contribution in [0.4, 0.5) is 5.69 Å². The van der Waals surface area contributed by atoms with Gasteiger partial charge in [0.2, 0.25) is 11.8 Å². The molecule has 0 bridgehead atoms. The minimum Gasteiger partial charge on any atom is -0.370 e. The number of anilines is 1. The highest BCUT2D eigenvalue weighted by atomic mass is 16.5. The number of rotatable bonds is 7. The van der Waals surface area contributed by atoms with E-state index in [0.29, 0.717) is 18.2 Å². The average molecular weight is 413 g/mol. The van der Waals surface area contributed by atoms with Gasteiger partial charge in [-0.1, -0.05) is 44.7 Å². The number of nitrogens with one attached hydrogen (secondary N) is 1. The first-order valence-corrected chi connectivity index (χ1v) is 12.0. The van der Waals surface area contributed by atoms with Crippen molar-refractivity contribution in [3.8, 4) is 0 Å². The van der Waals surface area contributed by atoms with Gasteiger partial charge in [-0.05, 0) is 49.8 Å². The van der Waals surface area contributed by atoms with E-state index in [0.717, 1.165) is 69.3 Å². The Morgan fingerprint density at radius 2 is 2.00 bits per heavy atom. The van der Waals surface area contributed by atoms with Gasteiger partial charge >= 0.3 is 0 Å². The summed E-state index contributed by atoms with van der Waals surface area (Å²) in [5.41, 5.74) is 1.98. The summed E-state index contributed by atoms with van der Waals surface area (Å²) >= 11 is 0. The Bertz CT molecular complexity index is 744. The largest absolute Gasteiger partial charge is 0.370 e. The predicted octanol–water partition coefficient (Wildman–Crippen LogP) is 5.07. The van der Waals surface area contributed by atoms with E-state index in [-0.39, 0.29) is 24.0 Å². The summed E-state index contributed by atoms with van der Waals surface area (Å²) < 4.78 is 6.39. The summed E-state index contributed by atoms with van der Waals surface area (Å²) in [7, 11) is 0. The number of carbonyl (C=O) groups is 2. The monoisotopic (exact) mass is 412 g/mol. The van der Waals surface area contributed by atoms with E-state index in [1.807, 2.05) is 12.1 Å². The third-order valence-electron chi connectivity index (χ3n) is 7.09. The number of benzene rings is 1. The highest BCUT2D eigenvalue weighted by Crippen LogP contribution is 2.42. The van der Waals surface area contributed by atoms with Crippen molar-refractivity contribution in [2.24, 2.45) is 11.8 Å². The van der Waals surface area contributed by atoms with Gasteiger partial charge in [0.25, 0.3) is 0 Å². The maximum Gasteiger partial charge on any atom is 0.225 e. The summed E-state index contributed by atoms with van der Waals surface area (Å²) in [4.78, 5) is 27.1. The number of ether oxygens (including phenoxy) is 1. The lowest BCUT2D eigenvalue weighted by Crippen LogP contribution is -2.46. The summed E-state index contributed by atoms with van der Waals surface area (Å²) in [6.07, 6.45) is 10.5. The second-order valence-corrected chi connectivity index (χ2v) is 9.34. The van der Waals surface area contributed by atoms with Crippen LogP contribution in [0.3, 0.4) is 0 Å². The van der Waals surface area contributed by atoms with Crippen LogP contribution in [-0.2, 0) is 14.3 Å². The Morgan fingerprint density at radius 1 is 1.17 bits per heavy atom. The molecule has 0 spiro atoms. The third kappa shape index (κ3) is 5.05. The van der Waals surface area contributed by atoms with Gasteiger partial charge in [0, 0.05) is 37.0 Å². The number of hydrogen-bond acceptors (Lipinski definition) is 3. The molecule has 2 saturated heterocycles. The number of carbonyl (C=O) groups excluding carboxylic acids is 2. The summed E-state index contributed by atoms with van der Waals surface area (Å²) in [6.45, 7) is 3.81. The summed E-state index contributed by atoms with van der Waals surface area (Å²) in [6, 6.07) is 8.10. The number of hydrogen-bond donors (Lipinski definition) is 1. The van der Waals surface area contributed by atoms with Gasteiger partial charge in [-0.25, -0.2) is 0 Å². The lowest BCUT2D eigenvalue weighted by atomic mass is 9.90. The fraction of sp³-hybridized carbons (Fsp3) is 0.680. The van der Waals surface area contributed by atoms with Crippen molar-refractivity contribution in [3.63, 3.8) is 0 Å². The van der Waals surface area contributed by atoms with Crippen molar-refractivity contribution in [2.45, 2.75) is 83.3 Å². The maximum absolute atomic E-state index is 12.8. The van der Waals surface area contributed by atoms with E-state index in [1.165, 1.54) is 12.8 Å². The van der Waals surface area contributed by atoms with Crippen molar-refractivity contribution in [1.29, 1.82) is 0 Å². The molecule has 1 aromatic carbocycles. The molecule has 5 nitrogen and oxygen atoms in total. The van der Waals surface area contributed by atoms with Crippen LogP contribution in [0.15, 0.2) is 24.3 Å². The van der Waals surface area contributed by atoms with Crippen LogP contribution in [0.25, 0.3) is 0 Å². The molecule has 4 rings (SSSR count). The third-order valence-corrected chi connectivity index (χ3v) is 7.09. The van der Waals surface area contributed by atoms with Gasteiger partial charge in [-0.15, -0.1) is 0 Å². The fourth-order valence-electron chi connectivity index (χ4n) is 5.38. The van der Waals surface area contributed by atoms with Crippen LogP contribution < -0.4 is 5.32 Å². The Kier molecular flexibility index (Phi) is 7.08. The molecule has 0 unspecified atom stereocenters. The molecule has 2 aliphatic heterocycles. The van der Waals surface area contributed by atoms with Crippen molar-refractivity contribution in [1.82, 2.24) is 4.90 Å². The van der Waals surface area contributed by atoms with Gasteiger partial charge in [0.15, 0.2) is 0 Å². The van der Waals surface area contributed by atoms with Crippen LogP contribution in [0, 0.1) is 11.8 Å². The smallest absolute Gasteiger partial charge is 0.225 e. The number of fused-ring (bicyclic) bond motifs is 1. The van der Waals surface area contributed by atoms with Gasteiger partial charge in [0.1, 0.15) is 0 Å². The number of nitrogens with zero attached hydrogens (tertiary/aromatic N) is 1. The van der Waals surface area contributed by atoms with Crippen LogP contribution in [0.2, 0.25) is 0 Å². The van der Waals surface area contributed by atoms with E-state index < -0.39 is 0 Å². The Hall–Kier alpha value is -1.88.